The molecule has 0 saturated heterocycles. The third kappa shape index (κ3) is 3.73. The number of benzene rings is 1. The van der Waals surface area contributed by atoms with Crippen LogP contribution in [0.2, 0.25) is 0 Å². The van der Waals surface area contributed by atoms with E-state index in [1.807, 2.05) is 0 Å². The Morgan fingerprint density at radius 2 is 1.19 bits per heavy atom. The van der Waals surface area contributed by atoms with Gasteiger partial charge in [0.25, 0.3) is 0 Å². The van der Waals surface area contributed by atoms with Crippen LogP contribution in [-0.4, -0.2) is 11.8 Å². The number of hydrogen-bond acceptors (Lipinski definition) is 2. The van der Waals surface area contributed by atoms with Crippen molar-refractivity contribution in [2.24, 2.45) is 0 Å². The van der Waals surface area contributed by atoms with Gasteiger partial charge in [0.05, 0.1) is 0 Å². The summed E-state index contributed by atoms with van der Waals surface area (Å²) in [6.45, 7) is 3.59. The van der Waals surface area contributed by atoms with Crippen molar-refractivity contribution in [2.45, 2.75) is 26.7 Å². The molecule has 0 fully saturated rings. The molecule has 0 bridgehead atoms. The predicted molar refractivity (Wildman–Crippen MR) is 64.3 cm³/mol. The quantitative estimate of drug-likeness (QED) is 0.818. The van der Waals surface area contributed by atoms with Crippen molar-refractivity contribution in [2.75, 3.05) is 10.6 Å². The van der Waals surface area contributed by atoms with Crippen molar-refractivity contribution in [3.05, 3.63) is 24.3 Å². The van der Waals surface area contributed by atoms with Crippen LogP contribution in [0.5, 0.6) is 0 Å². The highest BCUT2D eigenvalue weighted by Gasteiger charge is 2.00. The summed E-state index contributed by atoms with van der Waals surface area (Å²) in [4.78, 5) is 22.2. The lowest BCUT2D eigenvalue weighted by Gasteiger charge is -2.06. The minimum atomic E-state index is -0.0228. The van der Waals surface area contributed by atoms with Gasteiger partial charge in [-0.1, -0.05) is 13.8 Å². The first-order chi connectivity index (χ1) is 7.65. The van der Waals surface area contributed by atoms with E-state index in [0.717, 1.165) is 11.4 Å². The zero-order valence-electron chi connectivity index (χ0n) is 9.54. The standard InChI is InChI=1S/C12H16N2O2/c1-3-11(15)13-9-5-7-10(8-6-9)14-12(16)4-2/h5-8H,3-4H2,1-2H3,(H,13,15)(H,14,16). The molecule has 16 heavy (non-hydrogen) atoms. The van der Waals surface area contributed by atoms with E-state index in [2.05, 4.69) is 10.6 Å². The van der Waals surface area contributed by atoms with Crippen LogP contribution in [0.25, 0.3) is 0 Å². The van der Waals surface area contributed by atoms with E-state index >= 15 is 0 Å². The smallest absolute Gasteiger partial charge is 0.224 e. The number of amides is 2. The summed E-state index contributed by atoms with van der Waals surface area (Å²) in [6, 6.07) is 7.05. The van der Waals surface area contributed by atoms with Gasteiger partial charge >= 0.3 is 0 Å². The number of carbonyl (C=O) groups excluding carboxylic acids is 2. The second kappa shape index (κ2) is 5.90. The van der Waals surface area contributed by atoms with E-state index in [1.54, 1.807) is 38.1 Å². The van der Waals surface area contributed by atoms with Gasteiger partial charge in [0.1, 0.15) is 0 Å². The van der Waals surface area contributed by atoms with E-state index in [9.17, 15) is 9.59 Å². The summed E-state index contributed by atoms with van der Waals surface area (Å²) in [5, 5.41) is 5.47. The number of anilines is 2. The molecule has 4 heteroatoms. The van der Waals surface area contributed by atoms with Gasteiger partial charge in [0, 0.05) is 24.2 Å². The second-order valence-corrected chi connectivity index (χ2v) is 3.38. The van der Waals surface area contributed by atoms with Gasteiger partial charge < -0.3 is 10.6 Å². The largest absolute Gasteiger partial charge is 0.326 e. The van der Waals surface area contributed by atoms with Gasteiger partial charge in [-0.15, -0.1) is 0 Å². The molecular formula is C12H16N2O2. The highest BCUT2D eigenvalue weighted by Crippen LogP contribution is 2.13. The topological polar surface area (TPSA) is 58.2 Å². The first-order valence-corrected chi connectivity index (χ1v) is 5.35. The highest BCUT2D eigenvalue weighted by atomic mass is 16.2. The molecule has 0 heterocycles. The Morgan fingerprint density at radius 3 is 1.44 bits per heavy atom. The molecule has 2 amide bonds. The molecule has 86 valence electrons. The number of hydrogen-bond donors (Lipinski definition) is 2. The van der Waals surface area contributed by atoms with E-state index in [-0.39, 0.29) is 11.8 Å². The monoisotopic (exact) mass is 220 g/mol. The maximum absolute atomic E-state index is 11.1. The molecule has 0 unspecified atom stereocenters. The Bertz CT molecular complexity index is 334. The van der Waals surface area contributed by atoms with Crippen LogP contribution < -0.4 is 10.6 Å². The predicted octanol–water partition coefficient (Wildman–Crippen LogP) is 2.38. The molecule has 0 aliphatic rings. The molecule has 0 aliphatic heterocycles. The molecular weight excluding hydrogens is 204 g/mol. The normalized spacial score (nSPS) is 9.62. The number of nitrogens with one attached hydrogen (secondary N) is 2. The lowest BCUT2D eigenvalue weighted by molar-refractivity contribution is -0.116. The maximum atomic E-state index is 11.1. The van der Waals surface area contributed by atoms with Crippen molar-refractivity contribution in [1.29, 1.82) is 0 Å². The third-order valence-electron chi connectivity index (χ3n) is 2.09. The Kier molecular flexibility index (Phi) is 4.51. The summed E-state index contributed by atoms with van der Waals surface area (Å²) < 4.78 is 0. The molecule has 4 nitrogen and oxygen atoms in total. The highest BCUT2D eigenvalue weighted by molar-refractivity contribution is 5.92. The summed E-state index contributed by atoms with van der Waals surface area (Å²) >= 11 is 0. The molecule has 0 saturated carbocycles. The third-order valence-corrected chi connectivity index (χ3v) is 2.09. The van der Waals surface area contributed by atoms with E-state index < -0.39 is 0 Å². The van der Waals surface area contributed by atoms with Gasteiger partial charge in [-0.05, 0) is 24.3 Å². The minimum absolute atomic E-state index is 0.0228. The van der Waals surface area contributed by atoms with Gasteiger partial charge in [-0.25, -0.2) is 0 Å². The second-order valence-electron chi connectivity index (χ2n) is 3.38. The summed E-state index contributed by atoms with van der Waals surface area (Å²) in [6.07, 6.45) is 0.905. The molecule has 2 N–H and O–H groups in total. The Hall–Kier alpha value is -1.84. The molecule has 1 aromatic rings. The van der Waals surface area contributed by atoms with Crippen LogP contribution in [0.15, 0.2) is 24.3 Å². The van der Waals surface area contributed by atoms with Crippen LogP contribution in [0, 0.1) is 0 Å². The fraction of sp³-hybridized carbons (Fsp3) is 0.333. The van der Waals surface area contributed by atoms with Crippen molar-refractivity contribution >= 4 is 23.2 Å². The fourth-order valence-corrected chi connectivity index (χ4v) is 1.14. The summed E-state index contributed by atoms with van der Waals surface area (Å²) in [7, 11) is 0. The molecule has 0 atom stereocenters. The lowest BCUT2D eigenvalue weighted by atomic mass is 10.2. The Morgan fingerprint density at radius 1 is 0.875 bits per heavy atom. The van der Waals surface area contributed by atoms with Gasteiger partial charge in [0.15, 0.2) is 0 Å². The minimum Gasteiger partial charge on any atom is -0.326 e. The van der Waals surface area contributed by atoms with Crippen LogP contribution in [0.4, 0.5) is 11.4 Å². The first-order valence-electron chi connectivity index (χ1n) is 5.35. The van der Waals surface area contributed by atoms with Gasteiger partial charge in [-0.2, -0.15) is 0 Å². The van der Waals surface area contributed by atoms with Crippen LogP contribution in [-0.2, 0) is 9.59 Å². The zero-order valence-corrected chi connectivity index (χ0v) is 9.54. The van der Waals surface area contributed by atoms with Crippen LogP contribution in [0.1, 0.15) is 26.7 Å². The van der Waals surface area contributed by atoms with E-state index in [1.165, 1.54) is 0 Å². The van der Waals surface area contributed by atoms with Gasteiger partial charge in [0.2, 0.25) is 11.8 Å². The van der Waals surface area contributed by atoms with Crippen molar-refractivity contribution in [1.82, 2.24) is 0 Å². The summed E-state index contributed by atoms with van der Waals surface area (Å²) in [5.41, 5.74) is 1.47. The van der Waals surface area contributed by atoms with Crippen LogP contribution >= 0.6 is 0 Å². The number of rotatable bonds is 4. The molecule has 1 rings (SSSR count). The Balaban J connectivity index is 2.60. The SMILES string of the molecule is CCC(=O)Nc1ccc(NC(=O)CC)cc1. The molecule has 0 radical (unpaired) electrons. The van der Waals surface area contributed by atoms with Crippen molar-refractivity contribution in [3.63, 3.8) is 0 Å². The Labute approximate surface area is 95.0 Å². The maximum Gasteiger partial charge on any atom is 0.224 e. The van der Waals surface area contributed by atoms with Gasteiger partial charge in [-0.3, -0.25) is 9.59 Å². The fourth-order valence-electron chi connectivity index (χ4n) is 1.14. The molecule has 1 aromatic carbocycles. The molecule has 0 spiro atoms. The molecule has 0 aromatic heterocycles. The zero-order chi connectivity index (χ0) is 12.0. The molecule has 0 aliphatic carbocycles. The van der Waals surface area contributed by atoms with Crippen LogP contribution in [0.3, 0.4) is 0 Å². The average molecular weight is 220 g/mol. The number of carbonyl (C=O) groups is 2. The summed E-state index contributed by atoms with van der Waals surface area (Å²) in [5.74, 6) is -0.0457. The van der Waals surface area contributed by atoms with Crippen molar-refractivity contribution in [3.8, 4) is 0 Å². The average Bonchev–Trinajstić information content (AvgIpc) is 2.31. The first kappa shape index (κ1) is 12.2. The van der Waals surface area contributed by atoms with E-state index in [4.69, 9.17) is 0 Å². The lowest BCUT2D eigenvalue weighted by Crippen LogP contribution is -2.11. The van der Waals surface area contributed by atoms with E-state index in [0.29, 0.717) is 12.8 Å². The van der Waals surface area contributed by atoms with Crippen molar-refractivity contribution < 1.29 is 9.59 Å².